The van der Waals surface area contributed by atoms with Crippen LogP contribution in [0.4, 0.5) is 13.2 Å². The molecule has 3 rings (SSSR count). The minimum atomic E-state index is -3.61. The highest BCUT2D eigenvalue weighted by atomic mass is 79.9. The first-order valence-corrected chi connectivity index (χ1v) is 15.8. The largest absolute Gasteiger partial charge is 0.497 e. The first-order chi connectivity index (χ1) is 18.3. The van der Waals surface area contributed by atoms with Gasteiger partial charge >= 0.3 is 0 Å². The van der Waals surface area contributed by atoms with Gasteiger partial charge in [0.15, 0.2) is 0 Å². The van der Waals surface area contributed by atoms with Crippen LogP contribution in [0.15, 0.2) is 39.3 Å². The second-order valence-corrected chi connectivity index (χ2v) is 15.1. The fourth-order valence-electron chi connectivity index (χ4n) is 4.02. The van der Waals surface area contributed by atoms with E-state index in [9.17, 15) is 8.42 Å². The van der Waals surface area contributed by atoms with Crippen molar-refractivity contribution in [3.8, 4) is 11.5 Å². The molecule has 0 saturated carbocycles. The minimum Gasteiger partial charge on any atom is -0.497 e. The SMILES string of the molecule is COc1ccc(CN2CCCCN=S2(=O)C[C@](N[S@@](=O)C(C)(C)C)(c2nc(Br)ccc2F)C(F)F)c(OC)c1. The lowest BCUT2D eigenvalue weighted by atomic mass is 9.98. The Kier molecular flexibility index (Phi) is 10.5. The van der Waals surface area contributed by atoms with Crippen LogP contribution >= 0.6 is 15.9 Å². The van der Waals surface area contributed by atoms with Crippen molar-refractivity contribution in [2.45, 2.75) is 56.9 Å². The lowest BCUT2D eigenvalue weighted by Crippen LogP contribution is -2.58. The summed E-state index contributed by atoms with van der Waals surface area (Å²) in [6, 6.07) is 7.39. The first kappa shape index (κ1) is 31.8. The summed E-state index contributed by atoms with van der Waals surface area (Å²) >= 11 is 3.12. The van der Waals surface area contributed by atoms with Gasteiger partial charge in [-0.3, -0.25) is 0 Å². The Bertz CT molecular complexity index is 1320. The third kappa shape index (κ3) is 7.32. The molecule has 0 spiro atoms. The molecule has 39 heavy (non-hydrogen) atoms. The second-order valence-electron chi connectivity index (χ2n) is 10.1. The maximum absolute atomic E-state index is 15.2. The number of aromatic nitrogens is 1. The van der Waals surface area contributed by atoms with Crippen molar-refractivity contribution >= 4 is 36.8 Å². The van der Waals surface area contributed by atoms with Crippen LogP contribution in [-0.4, -0.2) is 61.9 Å². The van der Waals surface area contributed by atoms with Crippen molar-refractivity contribution < 1.29 is 31.1 Å². The van der Waals surface area contributed by atoms with Gasteiger partial charge in [0.2, 0.25) is 0 Å². The van der Waals surface area contributed by atoms with E-state index in [2.05, 4.69) is 30.0 Å². The number of halogens is 4. The molecule has 1 aromatic carbocycles. The van der Waals surface area contributed by atoms with Crippen LogP contribution in [0, 0.1) is 5.82 Å². The summed E-state index contributed by atoms with van der Waals surface area (Å²) in [5.41, 5.74) is -2.73. The fraction of sp³-hybridized carbons (Fsp3) is 0.560. The third-order valence-corrected chi connectivity index (χ3v) is 10.8. The van der Waals surface area contributed by atoms with E-state index in [0.717, 1.165) is 6.07 Å². The van der Waals surface area contributed by atoms with Crippen LogP contribution in [0.3, 0.4) is 0 Å². The van der Waals surface area contributed by atoms with E-state index in [-0.39, 0.29) is 24.2 Å². The molecule has 1 unspecified atom stereocenters. The summed E-state index contributed by atoms with van der Waals surface area (Å²) in [6.45, 7) is 5.30. The monoisotopic (exact) mass is 654 g/mol. The number of benzene rings is 1. The summed E-state index contributed by atoms with van der Waals surface area (Å²) in [4.78, 5) is 4.02. The van der Waals surface area contributed by atoms with E-state index in [0.29, 0.717) is 29.9 Å². The van der Waals surface area contributed by atoms with Crippen molar-refractivity contribution in [3.63, 3.8) is 0 Å². The van der Waals surface area contributed by atoms with Crippen molar-refractivity contribution in [2.75, 3.05) is 33.1 Å². The maximum Gasteiger partial charge on any atom is 0.264 e. The predicted octanol–water partition coefficient (Wildman–Crippen LogP) is 5.19. The molecule has 2 aromatic rings. The Morgan fingerprint density at radius 1 is 1.18 bits per heavy atom. The Hall–Kier alpha value is -1.74. The molecule has 0 fully saturated rings. The zero-order valence-electron chi connectivity index (χ0n) is 22.5. The number of methoxy groups -OCH3 is 2. The van der Waals surface area contributed by atoms with Crippen LogP contribution in [0.1, 0.15) is 44.9 Å². The van der Waals surface area contributed by atoms with Crippen molar-refractivity contribution in [3.05, 3.63) is 52.0 Å². The Labute approximate surface area is 239 Å². The number of ether oxygens (including phenoxy) is 2. The number of nitrogens with zero attached hydrogens (tertiary/aromatic N) is 3. The Morgan fingerprint density at radius 3 is 2.51 bits per heavy atom. The smallest absolute Gasteiger partial charge is 0.264 e. The Morgan fingerprint density at radius 2 is 1.90 bits per heavy atom. The zero-order chi connectivity index (χ0) is 29.0. The van der Waals surface area contributed by atoms with Gasteiger partial charge in [-0.1, -0.05) is 6.07 Å². The summed E-state index contributed by atoms with van der Waals surface area (Å²) < 4.78 is 91.8. The van der Waals surface area contributed by atoms with Gasteiger partial charge in [0, 0.05) is 31.3 Å². The van der Waals surface area contributed by atoms with Gasteiger partial charge in [0.25, 0.3) is 6.43 Å². The fourth-order valence-corrected chi connectivity index (χ4v) is 7.85. The molecule has 1 aromatic heterocycles. The summed E-state index contributed by atoms with van der Waals surface area (Å²) in [6.07, 6.45) is -2.13. The molecule has 1 aliphatic rings. The summed E-state index contributed by atoms with van der Waals surface area (Å²) in [7, 11) is -2.70. The van der Waals surface area contributed by atoms with E-state index in [4.69, 9.17) is 9.47 Å². The lowest BCUT2D eigenvalue weighted by molar-refractivity contribution is 0.0497. The number of rotatable bonds is 10. The van der Waals surface area contributed by atoms with E-state index in [1.807, 2.05) is 0 Å². The highest BCUT2D eigenvalue weighted by Gasteiger charge is 2.51. The van der Waals surface area contributed by atoms with Crippen molar-refractivity contribution in [1.82, 2.24) is 14.0 Å². The average Bonchev–Trinajstić information content (AvgIpc) is 3.05. The van der Waals surface area contributed by atoms with Gasteiger partial charge in [-0.25, -0.2) is 40.0 Å². The summed E-state index contributed by atoms with van der Waals surface area (Å²) in [5, 5.41) is 0. The van der Waals surface area contributed by atoms with Crippen molar-refractivity contribution in [1.29, 1.82) is 0 Å². The number of hydrogen-bond acceptors (Lipinski definition) is 6. The molecule has 0 radical (unpaired) electrons. The second kappa shape index (κ2) is 12.8. The van der Waals surface area contributed by atoms with Crippen LogP contribution in [0.25, 0.3) is 0 Å². The molecule has 3 atom stereocenters. The van der Waals surface area contributed by atoms with E-state index >= 15 is 13.2 Å². The maximum atomic E-state index is 15.2. The van der Waals surface area contributed by atoms with Crippen molar-refractivity contribution in [2.24, 2.45) is 4.36 Å². The van der Waals surface area contributed by atoms with Crippen LogP contribution < -0.4 is 14.2 Å². The molecule has 218 valence electrons. The molecule has 0 bridgehead atoms. The molecule has 1 aliphatic heterocycles. The highest BCUT2D eigenvalue weighted by Crippen LogP contribution is 2.36. The normalized spacial score (nSPS) is 21.1. The van der Waals surface area contributed by atoms with Gasteiger partial charge in [-0.05, 0) is 67.7 Å². The molecular formula is C25H34BrF3N4O4S2. The molecule has 2 heterocycles. The molecule has 1 N–H and O–H groups in total. The van der Waals surface area contributed by atoms with Crippen LogP contribution in [0.2, 0.25) is 0 Å². The van der Waals surface area contributed by atoms with Crippen LogP contribution in [0.5, 0.6) is 11.5 Å². The van der Waals surface area contributed by atoms with Gasteiger partial charge in [-0.2, -0.15) is 0 Å². The number of hydrogen-bond donors (Lipinski definition) is 1. The van der Waals surface area contributed by atoms with E-state index < -0.39 is 54.9 Å². The van der Waals surface area contributed by atoms with Gasteiger partial charge in [0.05, 0.1) is 35.7 Å². The minimum absolute atomic E-state index is 0.0611. The number of nitrogens with one attached hydrogen (secondary N) is 1. The molecule has 0 aliphatic carbocycles. The molecular weight excluding hydrogens is 621 g/mol. The quantitative estimate of drug-likeness (QED) is 0.356. The molecule has 8 nitrogen and oxygen atoms in total. The van der Waals surface area contributed by atoms with Gasteiger partial charge in [-0.15, -0.1) is 0 Å². The van der Waals surface area contributed by atoms with E-state index in [1.54, 1.807) is 39.0 Å². The topological polar surface area (TPSA) is 93.1 Å². The predicted molar refractivity (Wildman–Crippen MR) is 150 cm³/mol. The van der Waals surface area contributed by atoms with Crippen LogP contribution in [-0.2, 0) is 33.0 Å². The van der Waals surface area contributed by atoms with Gasteiger partial charge < -0.3 is 9.47 Å². The highest BCUT2D eigenvalue weighted by molar-refractivity contribution is 9.10. The number of pyridine rings is 1. The standard InChI is InChI=1S/C25H34BrF3N4O4S2/c1-24(2,3)38(34)32-25(23(28)29,22-19(27)10-11-21(26)31-22)16-39(35)30-12-6-7-13-33(39)15-17-8-9-18(36-4)14-20(17)37-5/h8-11,14,23,32H,6-7,12-13,15-16H2,1-5H3/t25-,38-,39?/m0/s1. The Balaban J connectivity index is 2.18. The van der Waals surface area contributed by atoms with Gasteiger partial charge in [0.1, 0.15) is 43.1 Å². The lowest BCUT2D eigenvalue weighted by Gasteiger charge is -2.38. The molecule has 0 amide bonds. The number of alkyl halides is 2. The average molecular weight is 656 g/mol. The van der Waals surface area contributed by atoms with E-state index in [1.165, 1.54) is 24.6 Å². The first-order valence-electron chi connectivity index (χ1n) is 12.2. The molecule has 14 heteroatoms. The zero-order valence-corrected chi connectivity index (χ0v) is 25.7. The molecule has 0 saturated heterocycles. The summed E-state index contributed by atoms with van der Waals surface area (Å²) in [5.74, 6) is -0.874. The third-order valence-electron chi connectivity index (χ3n) is 6.21.